The van der Waals surface area contributed by atoms with Crippen LogP contribution in [0.25, 0.3) is 12.2 Å². The number of unbranched alkanes of at least 4 members (excludes halogenated alkanes) is 18. The van der Waals surface area contributed by atoms with Crippen LogP contribution in [0.2, 0.25) is 0 Å². The van der Waals surface area contributed by atoms with Gasteiger partial charge in [-0.15, -0.1) is 0 Å². The maximum atomic E-state index is 6.90. The Morgan fingerprint density at radius 1 is 0.529 bits per heavy atom. The Morgan fingerprint density at radius 3 is 1.27 bits per heavy atom. The molecule has 0 amide bonds. The van der Waals surface area contributed by atoms with Gasteiger partial charge in [0.1, 0.15) is 24.4 Å². The molecule has 2 aromatic rings. The molecular weight excluding hydrogens is 625 g/mol. The number of hydrogen-bond donors (Lipinski definition) is 0. The highest BCUT2D eigenvalue weighted by atomic mass is 16.6. The highest BCUT2D eigenvalue weighted by Gasteiger charge is 2.42. The van der Waals surface area contributed by atoms with Crippen LogP contribution in [-0.2, 0) is 14.2 Å². The van der Waals surface area contributed by atoms with Crippen LogP contribution in [0.1, 0.15) is 177 Å². The van der Waals surface area contributed by atoms with Gasteiger partial charge in [-0.25, -0.2) is 0 Å². The van der Waals surface area contributed by atoms with E-state index in [0.717, 1.165) is 37.2 Å². The molecular formula is C48H70O3. The van der Waals surface area contributed by atoms with Crippen molar-refractivity contribution in [3.8, 4) is 0 Å². The molecule has 0 bridgehead atoms. The fourth-order valence-corrected chi connectivity index (χ4v) is 6.89. The van der Waals surface area contributed by atoms with Gasteiger partial charge in [0, 0.05) is 0 Å². The third-order valence-corrected chi connectivity index (χ3v) is 10.2. The number of rotatable bonds is 30. The Bertz CT molecular complexity index is 1200. The third-order valence-electron chi connectivity index (χ3n) is 10.2. The molecule has 3 heteroatoms. The van der Waals surface area contributed by atoms with Crippen LogP contribution in [0, 0.1) is 0 Å². The Balaban J connectivity index is 1.21. The molecule has 2 heterocycles. The lowest BCUT2D eigenvalue weighted by atomic mass is 10.0. The fourth-order valence-electron chi connectivity index (χ4n) is 6.89. The van der Waals surface area contributed by atoms with Crippen molar-refractivity contribution < 1.29 is 14.2 Å². The van der Waals surface area contributed by atoms with Gasteiger partial charge in [-0.05, 0) is 60.1 Å². The number of benzene rings is 2. The summed E-state index contributed by atoms with van der Waals surface area (Å²) in [6, 6.07) is 17.5. The average molecular weight is 695 g/mol. The van der Waals surface area contributed by atoms with E-state index in [1.807, 2.05) is 0 Å². The Kier molecular flexibility index (Phi) is 21.0. The van der Waals surface area contributed by atoms with Crippen molar-refractivity contribution in [2.24, 2.45) is 0 Å². The van der Waals surface area contributed by atoms with E-state index in [2.05, 4.69) is 111 Å². The zero-order valence-corrected chi connectivity index (χ0v) is 32.3. The first-order chi connectivity index (χ1) is 25.3. The third kappa shape index (κ3) is 18.1. The molecule has 51 heavy (non-hydrogen) atoms. The monoisotopic (exact) mass is 695 g/mol. The summed E-state index contributed by atoms with van der Waals surface area (Å²) >= 11 is 0. The largest absolute Gasteiger partial charge is 0.370 e. The fraction of sp³-hybridized carbons (Fsp3) is 0.583. The second-order valence-electron chi connectivity index (χ2n) is 14.9. The van der Waals surface area contributed by atoms with Gasteiger partial charge in [-0.1, -0.05) is 202 Å². The van der Waals surface area contributed by atoms with E-state index < -0.39 is 0 Å². The first-order valence-electron chi connectivity index (χ1n) is 21.0. The molecule has 0 saturated carbocycles. The van der Waals surface area contributed by atoms with Gasteiger partial charge >= 0.3 is 0 Å². The Morgan fingerprint density at radius 2 is 0.902 bits per heavy atom. The van der Waals surface area contributed by atoms with Crippen molar-refractivity contribution in [2.45, 2.75) is 167 Å². The summed E-state index contributed by atoms with van der Waals surface area (Å²) in [7, 11) is 0. The first-order valence-corrected chi connectivity index (χ1v) is 21.0. The topological polar surface area (TPSA) is 34.3 Å². The number of hydrogen-bond acceptors (Lipinski definition) is 3. The summed E-state index contributed by atoms with van der Waals surface area (Å²) in [6.45, 7) is 6.04. The van der Waals surface area contributed by atoms with Gasteiger partial charge < -0.3 is 14.2 Å². The van der Waals surface area contributed by atoms with Gasteiger partial charge in [0.05, 0.1) is 13.2 Å². The molecule has 2 aliphatic heterocycles. The minimum atomic E-state index is -0.127. The predicted molar refractivity (Wildman–Crippen MR) is 219 cm³/mol. The summed E-state index contributed by atoms with van der Waals surface area (Å²) in [5.41, 5.74) is 4.70. The van der Waals surface area contributed by atoms with Crippen molar-refractivity contribution in [3.63, 3.8) is 0 Å². The smallest absolute Gasteiger partial charge is 0.112 e. The standard InChI is InChI=1S/C48H70O3/c1-3-5-7-9-11-13-15-17-19-21-23-25-27-31-41-33-29-35-43(37-41)47(45-39-49-45)51-48(46-40-50-46)44-36-30-34-42(38-44)32-28-26-24-22-20-18-16-14-12-10-8-6-4-2/h23-38,45-48H,3-22,39-40H2,1-2H3. The van der Waals surface area contributed by atoms with Crippen LogP contribution in [0.15, 0.2) is 85.0 Å². The lowest BCUT2D eigenvalue weighted by Crippen LogP contribution is -2.19. The van der Waals surface area contributed by atoms with Gasteiger partial charge in [0.15, 0.2) is 0 Å². The summed E-state index contributed by atoms with van der Waals surface area (Å²) < 4.78 is 18.5. The van der Waals surface area contributed by atoms with Gasteiger partial charge in [-0.3, -0.25) is 0 Å². The van der Waals surface area contributed by atoms with E-state index in [-0.39, 0.29) is 24.4 Å². The van der Waals surface area contributed by atoms with E-state index >= 15 is 0 Å². The highest BCUT2D eigenvalue weighted by molar-refractivity contribution is 5.53. The van der Waals surface area contributed by atoms with Crippen molar-refractivity contribution in [3.05, 3.63) is 107 Å². The second kappa shape index (κ2) is 26.1. The molecule has 280 valence electrons. The molecule has 4 atom stereocenters. The maximum Gasteiger partial charge on any atom is 0.112 e. The normalized spacial score (nSPS) is 18.5. The van der Waals surface area contributed by atoms with Crippen LogP contribution in [0.5, 0.6) is 0 Å². The molecule has 4 unspecified atom stereocenters. The summed E-state index contributed by atoms with van der Waals surface area (Å²) in [5.74, 6) is 0. The van der Waals surface area contributed by atoms with Crippen molar-refractivity contribution in [2.75, 3.05) is 13.2 Å². The summed E-state index contributed by atoms with van der Waals surface area (Å²) in [4.78, 5) is 0. The molecule has 0 aromatic heterocycles. The second-order valence-corrected chi connectivity index (χ2v) is 14.9. The van der Waals surface area contributed by atoms with Gasteiger partial charge in [0.25, 0.3) is 0 Å². The Labute approximate surface area is 312 Å². The summed E-state index contributed by atoms with van der Waals surface area (Å²) in [6.07, 6.45) is 44.7. The maximum absolute atomic E-state index is 6.90. The van der Waals surface area contributed by atoms with E-state index in [4.69, 9.17) is 14.2 Å². The molecule has 0 aliphatic carbocycles. The zero-order valence-electron chi connectivity index (χ0n) is 32.3. The molecule has 2 fully saturated rings. The van der Waals surface area contributed by atoms with E-state index in [1.54, 1.807) is 0 Å². The molecule has 0 N–H and O–H groups in total. The minimum Gasteiger partial charge on any atom is -0.370 e. The quantitative estimate of drug-likeness (QED) is 0.0464. The summed E-state index contributed by atoms with van der Waals surface area (Å²) in [5, 5.41) is 0. The zero-order chi connectivity index (χ0) is 35.6. The van der Waals surface area contributed by atoms with Gasteiger partial charge in [-0.2, -0.15) is 0 Å². The predicted octanol–water partition coefficient (Wildman–Crippen LogP) is 14.3. The molecule has 3 nitrogen and oxygen atoms in total. The lowest BCUT2D eigenvalue weighted by Gasteiger charge is -2.24. The average Bonchev–Trinajstić information content (AvgIpc) is 4.09. The Hall–Kier alpha value is -2.72. The molecule has 2 saturated heterocycles. The van der Waals surface area contributed by atoms with Crippen LogP contribution in [0.4, 0.5) is 0 Å². The first kappa shape index (κ1) is 41.0. The van der Waals surface area contributed by atoms with Crippen molar-refractivity contribution >= 4 is 12.2 Å². The van der Waals surface area contributed by atoms with Crippen LogP contribution in [0.3, 0.4) is 0 Å². The van der Waals surface area contributed by atoms with E-state index in [1.165, 1.54) is 127 Å². The molecule has 0 spiro atoms. The highest BCUT2D eigenvalue weighted by Crippen LogP contribution is 2.40. The van der Waals surface area contributed by atoms with Crippen LogP contribution in [-0.4, -0.2) is 25.4 Å². The van der Waals surface area contributed by atoms with E-state index in [9.17, 15) is 0 Å². The van der Waals surface area contributed by atoms with Crippen molar-refractivity contribution in [1.29, 1.82) is 0 Å². The minimum absolute atomic E-state index is 0.0840. The number of allylic oxidation sites excluding steroid dienone is 6. The van der Waals surface area contributed by atoms with Crippen LogP contribution < -0.4 is 0 Å². The number of epoxide rings is 2. The van der Waals surface area contributed by atoms with Crippen LogP contribution >= 0.6 is 0 Å². The lowest BCUT2D eigenvalue weighted by molar-refractivity contribution is -0.0419. The molecule has 2 aromatic carbocycles. The molecule has 0 radical (unpaired) electrons. The molecule has 2 aliphatic rings. The number of ether oxygens (including phenoxy) is 3. The SMILES string of the molecule is CCCCCCCCCCCC=CC=Cc1cccc(C(OC(c2cccc(C=CC=CCCCCCCCCCCC)c2)C2CO2)C2CO2)c1. The van der Waals surface area contributed by atoms with Crippen molar-refractivity contribution in [1.82, 2.24) is 0 Å². The molecule has 4 rings (SSSR count). The van der Waals surface area contributed by atoms with Gasteiger partial charge in [0.2, 0.25) is 0 Å². The van der Waals surface area contributed by atoms with E-state index in [0.29, 0.717) is 0 Å².